The molecule has 41 heavy (non-hydrogen) atoms. The number of esters is 1. The van der Waals surface area contributed by atoms with Crippen LogP contribution < -0.4 is 14.8 Å². The third-order valence-corrected chi connectivity index (χ3v) is 5.70. The molecule has 10 nitrogen and oxygen atoms in total. The monoisotopic (exact) mass is 561 g/mol. The van der Waals surface area contributed by atoms with Crippen molar-refractivity contribution >= 4 is 23.7 Å². The molecule has 10 heteroatoms. The number of hydrogen-bond donors (Lipinski definition) is 1. The molecule has 0 fully saturated rings. The Balaban J connectivity index is 1.53. The highest BCUT2D eigenvalue weighted by atomic mass is 16.6. The van der Waals surface area contributed by atoms with E-state index in [1.165, 1.54) is 7.11 Å². The fraction of sp³-hybridized carbons (Fsp3) is 0.323. The summed E-state index contributed by atoms with van der Waals surface area (Å²) in [6.07, 6.45) is 0.260. The van der Waals surface area contributed by atoms with Crippen LogP contribution in [0.1, 0.15) is 38.3 Å². The van der Waals surface area contributed by atoms with Crippen LogP contribution in [0.25, 0.3) is 0 Å². The second kappa shape index (κ2) is 14.6. The molecule has 0 spiro atoms. The Morgan fingerprint density at radius 2 is 1.37 bits per heavy atom. The summed E-state index contributed by atoms with van der Waals surface area (Å²) in [5.41, 5.74) is 1.64. The molecule has 3 aromatic rings. The third kappa shape index (κ3) is 10.7. The first kappa shape index (κ1) is 30.8. The first-order valence-corrected chi connectivity index (χ1v) is 13.1. The minimum absolute atomic E-state index is 0.230. The Morgan fingerprint density at radius 3 is 1.93 bits per heavy atom. The van der Waals surface area contributed by atoms with Crippen LogP contribution in [0, 0.1) is 0 Å². The zero-order chi connectivity index (χ0) is 29.8. The molecular weight excluding hydrogens is 526 g/mol. The molecule has 1 N–H and O–H groups in total. The lowest BCUT2D eigenvalue weighted by atomic mass is 10.0. The van der Waals surface area contributed by atoms with Gasteiger partial charge in [0.2, 0.25) is 5.91 Å². The summed E-state index contributed by atoms with van der Waals surface area (Å²) < 4.78 is 21.0. The Bertz CT molecular complexity index is 1330. The average Bonchev–Trinajstić information content (AvgIpc) is 2.95. The molecule has 0 aromatic heterocycles. The molecule has 2 amide bonds. The van der Waals surface area contributed by atoms with Gasteiger partial charge < -0.3 is 24.3 Å². The fourth-order valence-electron chi connectivity index (χ4n) is 3.68. The van der Waals surface area contributed by atoms with Gasteiger partial charge in [0, 0.05) is 12.8 Å². The third-order valence-electron chi connectivity index (χ3n) is 5.70. The molecule has 0 bridgehead atoms. The topological polar surface area (TPSA) is 125 Å². The van der Waals surface area contributed by atoms with E-state index in [-0.39, 0.29) is 18.7 Å². The quantitative estimate of drug-likeness (QED) is 0.214. The van der Waals surface area contributed by atoms with E-state index in [9.17, 15) is 14.4 Å². The van der Waals surface area contributed by atoms with Crippen molar-refractivity contribution in [3.05, 3.63) is 83.9 Å². The van der Waals surface area contributed by atoms with Gasteiger partial charge in [-0.1, -0.05) is 29.4 Å². The number of azo groups is 1. The highest BCUT2D eigenvalue weighted by Gasteiger charge is 2.22. The van der Waals surface area contributed by atoms with Crippen LogP contribution in [0.15, 0.2) is 83.0 Å². The van der Waals surface area contributed by atoms with E-state index in [0.29, 0.717) is 23.6 Å². The summed E-state index contributed by atoms with van der Waals surface area (Å²) >= 11 is 0. The van der Waals surface area contributed by atoms with Crippen molar-refractivity contribution in [3.8, 4) is 17.2 Å². The lowest BCUT2D eigenvalue weighted by Gasteiger charge is -2.17. The number of rotatable bonds is 11. The molecule has 0 aliphatic rings. The largest absolute Gasteiger partial charge is 0.497 e. The van der Waals surface area contributed by atoms with E-state index in [1.807, 2.05) is 36.4 Å². The molecule has 0 heterocycles. The standard InChI is InChI=1S/C31H35N3O7/c1-31(2,3)41-30(37)34-33-23-11-17-26(18-12-23)40-25-15-8-22(9-16-25)20-27(29(36)39-5)32-28(35)19-10-21-6-13-24(38-4)14-7-21/h6-9,11-18,27H,10,19-20H2,1-5H3,(H,32,35)/t27-/m0/s1. The Hall–Kier alpha value is -4.73. The van der Waals surface area contributed by atoms with Gasteiger partial charge in [0.05, 0.1) is 19.9 Å². The van der Waals surface area contributed by atoms with Crippen LogP contribution >= 0.6 is 0 Å². The zero-order valence-electron chi connectivity index (χ0n) is 23.9. The Labute approximate surface area is 239 Å². The zero-order valence-corrected chi connectivity index (χ0v) is 23.9. The number of hydrogen-bond acceptors (Lipinski definition) is 8. The van der Waals surface area contributed by atoms with Gasteiger partial charge in [-0.3, -0.25) is 4.79 Å². The minimum Gasteiger partial charge on any atom is -0.497 e. The predicted octanol–water partition coefficient (Wildman–Crippen LogP) is 6.34. The highest BCUT2D eigenvalue weighted by Crippen LogP contribution is 2.25. The van der Waals surface area contributed by atoms with Crippen molar-refractivity contribution in [1.82, 2.24) is 5.32 Å². The van der Waals surface area contributed by atoms with Crippen molar-refractivity contribution in [2.75, 3.05) is 14.2 Å². The van der Waals surface area contributed by atoms with Crippen molar-refractivity contribution < 1.29 is 33.3 Å². The first-order chi connectivity index (χ1) is 19.5. The highest BCUT2D eigenvalue weighted by molar-refractivity contribution is 5.84. The SMILES string of the molecule is COC(=O)[C@H](Cc1ccc(Oc2ccc(N=NC(=O)OC(C)(C)C)cc2)cc1)NC(=O)CCc1ccc(OC)cc1. The maximum absolute atomic E-state index is 12.6. The predicted molar refractivity (Wildman–Crippen MR) is 153 cm³/mol. The van der Waals surface area contributed by atoms with Gasteiger partial charge in [-0.2, -0.15) is 0 Å². The van der Waals surface area contributed by atoms with Gasteiger partial charge in [0.15, 0.2) is 0 Å². The number of carbonyl (C=O) groups is 3. The van der Waals surface area contributed by atoms with Crippen LogP contribution in [-0.2, 0) is 31.9 Å². The minimum atomic E-state index is -0.822. The summed E-state index contributed by atoms with van der Waals surface area (Å²) in [5.74, 6) is 1.12. The Morgan fingerprint density at radius 1 is 0.805 bits per heavy atom. The molecule has 1 atom stereocenters. The van der Waals surface area contributed by atoms with Crippen LogP contribution in [0.3, 0.4) is 0 Å². The van der Waals surface area contributed by atoms with E-state index in [4.69, 9.17) is 18.9 Å². The smallest absolute Gasteiger partial charge is 0.452 e. The van der Waals surface area contributed by atoms with Gasteiger partial charge in [0.25, 0.3) is 0 Å². The summed E-state index contributed by atoms with van der Waals surface area (Å²) in [6.45, 7) is 5.25. The normalized spacial score (nSPS) is 11.9. The van der Waals surface area contributed by atoms with Gasteiger partial charge >= 0.3 is 12.1 Å². The number of aryl methyl sites for hydroxylation is 1. The second-order valence-corrected chi connectivity index (χ2v) is 10.1. The molecular formula is C31H35N3O7. The maximum Gasteiger partial charge on any atom is 0.452 e. The van der Waals surface area contributed by atoms with Crippen molar-refractivity contribution in [3.63, 3.8) is 0 Å². The fourth-order valence-corrected chi connectivity index (χ4v) is 3.68. The summed E-state index contributed by atoms with van der Waals surface area (Å²) in [5, 5.41) is 10.2. The van der Waals surface area contributed by atoms with E-state index >= 15 is 0 Å². The molecule has 0 aliphatic heterocycles. The van der Waals surface area contributed by atoms with Crippen molar-refractivity contribution in [2.24, 2.45) is 10.2 Å². The number of nitrogens with one attached hydrogen (secondary N) is 1. The van der Waals surface area contributed by atoms with Crippen LogP contribution in [-0.4, -0.2) is 43.8 Å². The first-order valence-electron chi connectivity index (χ1n) is 13.1. The summed E-state index contributed by atoms with van der Waals surface area (Å²) in [7, 11) is 2.89. The molecule has 0 radical (unpaired) electrons. The summed E-state index contributed by atoms with van der Waals surface area (Å²) in [6, 6.07) is 20.6. The summed E-state index contributed by atoms with van der Waals surface area (Å²) in [4.78, 5) is 36.6. The number of carbonyl (C=O) groups excluding carboxylic acids is 3. The molecule has 0 saturated carbocycles. The van der Waals surface area contributed by atoms with E-state index < -0.39 is 23.7 Å². The maximum atomic E-state index is 12.6. The van der Waals surface area contributed by atoms with Crippen LogP contribution in [0.2, 0.25) is 0 Å². The van der Waals surface area contributed by atoms with Gasteiger partial charge in [-0.25, -0.2) is 9.59 Å². The van der Waals surface area contributed by atoms with Gasteiger partial charge in [0.1, 0.15) is 28.9 Å². The van der Waals surface area contributed by atoms with Crippen LogP contribution in [0.5, 0.6) is 17.2 Å². The molecule has 0 unspecified atom stereocenters. The molecule has 0 aliphatic carbocycles. The molecule has 3 aromatic carbocycles. The van der Waals surface area contributed by atoms with Gasteiger partial charge in [-0.05, 0) is 86.8 Å². The lowest BCUT2D eigenvalue weighted by Crippen LogP contribution is -2.43. The number of methoxy groups -OCH3 is 2. The van der Waals surface area contributed by atoms with E-state index in [2.05, 4.69) is 15.5 Å². The number of amides is 2. The molecule has 0 saturated heterocycles. The van der Waals surface area contributed by atoms with Crippen molar-refractivity contribution in [2.45, 2.75) is 51.7 Å². The van der Waals surface area contributed by atoms with Crippen LogP contribution in [0.4, 0.5) is 10.5 Å². The number of benzene rings is 3. The molecule has 216 valence electrons. The van der Waals surface area contributed by atoms with Crippen molar-refractivity contribution in [1.29, 1.82) is 0 Å². The number of nitrogens with zero attached hydrogens (tertiary/aromatic N) is 2. The second-order valence-electron chi connectivity index (χ2n) is 10.1. The van der Waals surface area contributed by atoms with E-state index in [1.54, 1.807) is 64.3 Å². The Kier molecular flexibility index (Phi) is 11.0. The number of ether oxygens (including phenoxy) is 4. The lowest BCUT2D eigenvalue weighted by molar-refractivity contribution is -0.145. The molecule has 3 rings (SSSR count). The average molecular weight is 562 g/mol. The van der Waals surface area contributed by atoms with Gasteiger partial charge in [-0.15, -0.1) is 5.11 Å². The van der Waals surface area contributed by atoms with E-state index in [0.717, 1.165) is 16.9 Å².